The van der Waals surface area contributed by atoms with Gasteiger partial charge >= 0.3 is 0 Å². The van der Waals surface area contributed by atoms with Crippen LogP contribution in [0.15, 0.2) is 11.6 Å². The second kappa shape index (κ2) is 7.17. The van der Waals surface area contributed by atoms with E-state index in [1.54, 1.807) is 5.57 Å². The number of allylic oxidation sites excluding steroid dienone is 1. The first-order valence-corrected chi connectivity index (χ1v) is 7.45. The van der Waals surface area contributed by atoms with Gasteiger partial charge in [-0.05, 0) is 65.1 Å². The summed E-state index contributed by atoms with van der Waals surface area (Å²) in [5.41, 5.74) is 1.70. The van der Waals surface area contributed by atoms with Gasteiger partial charge in [-0.15, -0.1) is 0 Å². The average molecular weight is 236 g/mol. The summed E-state index contributed by atoms with van der Waals surface area (Å²) in [4.78, 5) is 2.52. The van der Waals surface area contributed by atoms with E-state index in [1.807, 2.05) is 0 Å². The summed E-state index contributed by atoms with van der Waals surface area (Å²) in [6.45, 7) is 3.65. The Morgan fingerprint density at radius 2 is 2.24 bits per heavy atom. The van der Waals surface area contributed by atoms with Gasteiger partial charge in [-0.3, -0.25) is 0 Å². The Hall–Kier alpha value is -0.340. The van der Waals surface area contributed by atoms with E-state index in [0.29, 0.717) is 0 Å². The quantitative estimate of drug-likeness (QED) is 0.583. The molecule has 1 atom stereocenters. The van der Waals surface area contributed by atoms with E-state index in [2.05, 4.69) is 23.3 Å². The van der Waals surface area contributed by atoms with Crippen molar-refractivity contribution in [2.75, 3.05) is 26.7 Å². The minimum absolute atomic E-state index is 0.782. The number of nitrogens with zero attached hydrogens (tertiary/aromatic N) is 1. The van der Waals surface area contributed by atoms with Crippen LogP contribution in [0.2, 0.25) is 0 Å². The molecule has 0 aromatic heterocycles. The van der Waals surface area contributed by atoms with Crippen molar-refractivity contribution in [1.29, 1.82) is 0 Å². The molecule has 1 unspecified atom stereocenters. The van der Waals surface area contributed by atoms with Gasteiger partial charge in [0.25, 0.3) is 0 Å². The zero-order valence-electron chi connectivity index (χ0n) is 11.4. The lowest BCUT2D eigenvalue weighted by atomic mass is 9.97. The van der Waals surface area contributed by atoms with E-state index in [9.17, 15) is 0 Å². The van der Waals surface area contributed by atoms with E-state index in [-0.39, 0.29) is 0 Å². The van der Waals surface area contributed by atoms with Gasteiger partial charge in [0.2, 0.25) is 0 Å². The summed E-state index contributed by atoms with van der Waals surface area (Å²) in [7, 11) is 2.27. The van der Waals surface area contributed by atoms with Gasteiger partial charge < -0.3 is 10.2 Å². The van der Waals surface area contributed by atoms with Crippen LogP contribution >= 0.6 is 0 Å². The Balaban J connectivity index is 1.57. The number of rotatable bonds is 5. The van der Waals surface area contributed by atoms with E-state index < -0.39 is 0 Å². The number of nitrogens with one attached hydrogen (secondary N) is 1. The van der Waals surface area contributed by atoms with Crippen LogP contribution in [0.1, 0.15) is 51.4 Å². The molecule has 0 saturated carbocycles. The van der Waals surface area contributed by atoms with E-state index in [1.165, 1.54) is 71.0 Å². The molecule has 2 nitrogen and oxygen atoms in total. The highest BCUT2D eigenvalue weighted by molar-refractivity contribution is 5.05. The minimum atomic E-state index is 0.782. The van der Waals surface area contributed by atoms with Crippen LogP contribution < -0.4 is 5.32 Å². The molecule has 1 heterocycles. The normalized spacial score (nSPS) is 26.9. The second-order valence-electron chi connectivity index (χ2n) is 5.69. The van der Waals surface area contributed by atoms with Crippen LogP contribution in [0, 0.1) is 0 Å². The van der Waals surface area contributed by atoms with Crippen LogP contribution in [-0.2, 0) is 0 Å². The second-order valence-corrected chi connectivity index (χ2v) is 5.69. The Morgan fingerprint density at radius 3 is 3.00 bits per heavy atom. The highest BCUT2D eigenvalue weighted by Gasteiger charge is 2.17. The van der Waals surface area contributed by atoms with Crippen molar-refractivity contribution in [3.8, 4) is 0 Å². The van der Waals surface area contributed by atoms with Crippen molar-refractivity contribution in [3.63, 3.8) is 0 Å². The fourth-order valence-corrected chi connectivity index (χ4v) is 3.05. The predicted octanol–water partition coefficient (Wildman–Crippen LogP) is 2.95. The molecule has 1 aliphatic heterocycles. The zero-order chi connectivity index (χ0) is 11.9. The molecule has 0 spiro atoms. The van der Waals surface area contributed by atoms with Crippen LogP contribution in [0.3, 0.4) is 0 Å². The standard InChI is InChI=1S/C15H28N2/c1-17-12-6-5-9-15(17)13-16-11-10-14-7-3-2-4-8-14/h7,15-16H,2-6,8-13H2,1H3. The van der Waals surface area contributed by atoms with Gasteiger partial charge in [0.05, 0.1) is 0 Å². The van der Waals surface area contributed by atoms with Crippen molar-refractivity contribution < 1.29 is 0 Å². The Kier molecular flexibility index (Phi) is 5.53. The zero-order valence-corrected chi connectivity index (χ0v) is 11.4. The lowest BCUT2D eigenvalue weighted by Gasteiger charge is -2.32. The first-order chi connectivity index (χ1) is 8.36. The summed E-state index contributed by atoms with van der Waals surface area (Å²) in [6, 6.07) is 0.782. The van der Waals surface area contributed by atoms with E-state index in [4.69, 9.17) is 0 Å². The summed E-state index contributed by atoms with van der Waals surface area (Å²) >= 11 is 0. The predicted molar refractivity (Wildman–Crippen MR) is 74.3 cm³/mol. The molecule has 0 amide bonds. The maximum Gasteiger partial charge on any atom is 0.0217 e. The molecule has 0 aromatic rings. The van der Waals surface area contributed by atoms with Gasteiger partial charge in [-0.25, -0.2) is 0 Å². The van der Waals surface area contributed by atoms with Gasteiger partial charge in [0, 0.05) is 12.6 Å². The van der Waals surface area contributed by atoms with E-state index in [0.717, 1.165) is 6.04 Å². The van der Waals surface area contributed by atoms with Crippen molar-refractivity contribution in [3.05, 3.63) is 11.6 Å². The molecule has 2 aliphatic rings. The number of piperidine rings is 1. The highest BCUT2D eigenvalue weighted by atomic mass is 15.2. The molecule has 0 aromatic carbocycles. The molecular weight excluding hydrogens is 208 g/mol. The van der Waals surface area contributed by atoms with Gasteiger partial charge in [0.1, 0.15) is 0 Å². The van der Waals surface area contributed by atoms with Crippen LogP contribution in [0.5, 0.6) is 0 Å². The first-order valence-electron chi connectivity index (χ1n) is 7.45. The molecule has 1 aliphatic carbocycles. The van der Waals surface area contributed by atoms with Gasteiger partial charge in [-0.1, -0.05) is 18.1 Å². The molecule has 1 N–H and O–H groups in total. The van der Waals surface area contributed by atoms with Crippen molar-refractivity contribution in [2.45, 2.75) is 57.4 Å². The highest BCUT2D eigenvalue weighted by Crippen LogP contribution is 2.19. The third-order valence-electron chi connectivity index (χ3n) is 4.31. The summed E-state index contributed by atoms with van der Waals surface area (Å²) in [5, 5.41) is 3.65. The lowest BCUT2D eigenvalue weighted by Crippen LogP contribution is -2.43. The monoisotopic (exact) mass is 236 g/mol. The van der Waals surface area contributed by atoms with Crippen LogP contribution in [0.25, 0.3) is 0 Å². The summed E-state index contributed by atoms with van der Waals surface area (Å²) < 4.78 is 0. The molecule has 0 radical (unpaired) electrons. The fourth-order valence-electron chi connectivity index (χ4n) is 3.05. The number of likely N-dealkylation sites (tertiary alicyclic amines) is 1. The molecule has 17 heavy (non-hydrogen) atoms. The molecule has 1 saturated heterocycles. The summed E-state index contributed by atoms with van der Waals surface area (Å²) in [5.74, 6) is 0. The largest absolute Gasteiger partial charge is 0.315 e. The lowest BCUT2D eigenvalue weighted by molar-refractivity contribution is 0.182. The maximum absolute atomic E-state index is 3.65. The van der Waals surface area contributed by atoms with Gasteiger partial charge in [-0.2, -0.15) is 0 Å². The molecule has 98 valence electrons. The molecule has 2 heteroatoms. The number of likely N-dealkylation sites (N-methyl/N-ethyl adjacent to an activating group) is 1. The molecule has 2 rings (SSSR count). The SMILES string of the molecule is CN1CCCCC1CNCCC1=CCCCC1. The van der Waals surface area contributed by atoms with Crippen LogP contribution in [-0.4, -0.2) is 37.6 Å². The fraction of sp³-hybridized carbons (Fsp3) is 0.867. The van der Waals surface area contributed by atoms with Crippen molar-refractivity contribution in [1.82, 2.24) is 10.2 Å². The van der Waals surface area contributed by atoms with E-state index >= 15 is 0 Å². The number of hydrogen-bond donors (Lipinski definition) is 1. The minimum Gasteiger partial charge on any atom is -0.315 e. The molecule has 0 bridgehead atoms. The van der Waals surface area contributed by atoms with Crippen molar-refractivity contribution in [2.24, 2.45) is 0 Å². The van der Waals surface area contributed by atoms with Crippen molar-refractivity contribution >= 4 is 0 Å². The average Bonchev–Trinajstić information content (AvgIpc) is 2.38. The number of hydrogen-bond acceptors (Lipinski definition) is 2. The smallest absolute Gasteiger partial charge is 0.0217 e. The third kappa shape index (κ3) is 4.44. The third-order valence-corrected chi connectivity index (χ3v) is 4.31. The summed E-state index contributed by atoms with van der Waals surface area (Å²) in [6.07, 6.45) is 13.4. The van der Waals surface area contributed by atoms with Gasteiger partial charge in [0.15, 0.2) is 0 Å². The molecular formula is C15H28N2. The maximum atomic E-state index is 3.65. The van der Waals surface area contributed by atoms with Crippen LogP contribution in [0.4, 0.5) is 0 Å². The molecule has 1 fully saturated rings. The Bertz CT molecular complexity index is 247. The first kappa shape index (κ1) is 13.1. The Morgan fingerprint density at radius 1 is 1.29 bits per heavy atom. The topological polar surface area (TPSA) is 15.3 Å². The Labute approximate surface area is 106 Å².